The Bertz CT molecular complexity index is 1030. The maximum Gasteiger partial charge on any atom is 0.261 e. The van der Waals surface area contributed by atoms with Crippen LogP contribution in [0.2, 0.25) is 0 Å². The molecule has 0 unspecified atom stereocenters. The Labute approximate surface area is 152 Å². The van der Waals surface area contributed by atoms with Crippen LogP contribution in [-0.4, -0.2) is 18.0 Å². The van der Waals surface area contributed by atoms with E-state index >= 15 is 0 Å². The summed E-state index contributed by atoms with van der Waals surface area (Å²) in [4.78, 5) is 28.6. The molecular weight excluding hydrogens is 328 g/mol. The first-order valence-corrected chi connectivity index (χ1v) is 8.41. The van der Waals surface area contributed by atoms with Crippen molar-refractivity contribution >= 4 is 22.5 Å². The van der Waals surface area contributed by atoms with Gasteiger partial charge in [0.25, 0.3) is 5.91 Å². The van der Waals surface area contributed by atoms with E-state index in [0.29, 0.717) is 22.3 Å². The van der Waals surface area contributed by atoms with Gasteiger partial charge in [0.1, 0.15) is 11.3 Å². The molecule has 2 aromatic carbocycles. The average molecular weight is 350 g/mol. The summed E-state index contributed by atoms with van der Waals surface area (Å²) < 4.78 is 5.24. The molecule has 5 heteroatoms. The molecule has 26 heavy (non-hydrogen) atoms. The zero-order valence-corrected chi connectivity index (χ0v) is 15.3. The SMILES string of the molecule is COc1ccccc1NC(=O)c1c[nH]c2ccc(C(C)(C)C)cc2c1=O. The molecule has 0 fully saturated rings. The first-order chi connectivity index (χ1) is 12.3. The number of carbonyl (C=O) groups is 1. The number of carbonyl (C=O) groups excluding carboxylic acids is 1. The van der Waals surface area contributed by atoms with Crippen molar-refractivity contribution in [2.24, 2.45) is 0 Å². The third kappa shape index (κ3) is 3.33. The number of rotatable bonds is 3. The number of para-hydroxylation sites is 2. The largest absolute Gasteiger partial charge is 0.495 e. The number of amides is 1. The van der Waals surface area contributed by atoms with Gasteiger partial charge >= 0.3 is 0 Å². The summed E-state index contributed by atoms with van der Waals surface area (Å²) in [7, 11) is 1.53. The van der Waals surface area contributed by atoms with E-state index in [2.05, 4.69) is 31.1 Å². The van der Waals surface area contributed by atoms with Crippen molar-refractivity contribution in [3.05, 3.63) is 70.0 Å². The summed E-state index contributed by atoms with van der Waals surface area (Å²) in [5, 5.41) is 3.25. The highest BCUT2D eigenvalue weighted by atomic mass is 16.5. The summed E-state index contributed by atoms with van der Waals surface area (Å²) >= 11 is 0. The van der Waals surface area contributed by atoms with Crippen molar-refractivity contribution < 1.29 is 9.53 Å². The highest BCUT2D eigenvalue weighted by molar-refractivity contribution is 6.06. The smallest absolute Gasteiger partial charge is 0.261 e. The number of hydrogen-bond acceptors (Lipinski definition) is 3. The van der Waals surface area contributed by atoms with Crippen LogP contribution in [0.15, 0.2) is 53.5 Å². The van der Waals surface area contributed by atoms with Gasteiger partial charge in [0, 0.05) is 17.1 Å². The van der Waals surface area contributed by atoms with Gasteiger partial charge in [-0.1, -0.05) is 39.0 Å². The molecule has 1 amide bonds. The highest BCUT2D eigenvalue weighted by Gasteiger charge is 2.18. The lowest BCUT2D eigenvalue weighted by molar-refractivity contribution is 0.102. The number of methoxy groups -OCH3 is 1. The molecule has 0 saturated carbocycles. The number of aromatic amines is 1. The highest BCUT2D eigenvalue weighted by Crippen LogP contribution is 2.25. The van der Waals surface area contributed by atoms with Gasteiger partial charge in [0.15, 0.2) is 0 Å². The number of anilines is 1. The molecular formula is C21H22N2O3. The van der Waals surface area contributed by atoms with Gasteiger partial charge in [0.2, 0.25) is 5.43 Å². The fraction of sp³-hybridized carbons (Fsp3) is 0.238. The summed E-state index contributed by atoms with van der Waals surface area (Å²) in [6.07, 6.45) is 1.45. The van der Waals surface area contributed by atoms with Crippen LogP contribution >= 0.6 is 0 Å². The number of ether oxygens (including phenoxy) is 1. The van der Waals surface area contributed by atoms with E-state index in [-0.39, 0.29) is 16.4 Å². The lowest BCUT2D eigenvalue weighted by atomic mass is 9.86. The first-order valence-electron chi connectivity index (χ1n) is 8.41. The van der Waals surface area contributed by atoms with Gasteiger partial charge in [-0.05, 0) is 35.2 Å². The quantitative estimate of drug-likeness (QED) is 0.747. The van der Waals surface area contributed by atoms with E-state index in [1.807, 2.05) is 24.3 Å². The Morgan fingerprint density at radius 3 is 2.54 bits per heavy atom. The molecule has 3 aromatic rings. The summed E-state index contributed by atoms with van der Waals surface area (Å²) in [5.41, 5.74) is 1.94. The van der Waals surface area contributed by atoms with Gasteiger partial charge in [0.05, 0.1) is 12.8 Å². The van der Waals surface area contributed by atoms with Crippen molar-refractivity contribution in [1.29, 1.82) is 0 Å². The molecule has 1 heterocycles. The molecule has 0 atom stereocenters. The molecule has 5 nitrogen and oxygen atoms in total. The summed E-state index contributed by atoms with van der Waals surface area (Å²) in [6.45, 7) is 6.25. The van der Waals surface area contributed by atoms with E-state index < -0.39 is 5.91 Å². The number of hydrogen-bond donors (Lipinski definition) is 2. The van der Waals surface area contributed by atoms with Crippen LogP contribution in [0.5, 0.6) is 5.75 Å². The Morgan fingerprint density at radius 2 is 1.85 bits per heavy atom. The zero-order chi connectivity index (χ0) is 18.9. The maximum absolute atomic E-state index is 12.9. The van der Waals surface area contributed by atoms with E-state index in [1.165, 1.54) is 13.3 Å². The second kappa shape index (κ2) is 6.67. The molecule has 0 aliphatic carbocycles. The topological polar surface area (TPSA) is 71.2 Å². The summed E-state index contributed by atoms with van der Waals surface area (Å²) in [6, 6.07) is 12.8. The van der Waals surface area contributed by atoms with Crippen molar-refractivity contribution in [2.75, 3.05) is 12.4 Å². The maximum atomic E-state index is 12.9. The molecule has 0 aliphatic rings. The number of benzene rings is 2. The first kappa shape index (κ1) is 17.7. The lowest BCUT2D eigenvalue weighted by Crippen LogP contribution is -2.22. The lowest BCUT2D eigenvalue weighted by Gasteiger charge is -2.19. The van der Waals surface area contributed by atoms with Crippen LogP contribution in [0, 0.1) is 0 Å². The molecule has 1 aromatic heterocycles. The van der Waals surface area contributed by atoms with Crippen molar-refractivity contribution in [3.8, 4) is 5.75 Å². The Hall–Kier alpha value is -3.08. The van der Waals surface area contributed by atoms with Crippen molar-refractivity contribution in [2.45, 2.75) is 26.2 Å². The van der Waals surface area contributed by atoms with Crippen molar-refractivity contribution in [1.82, 2.24) is 4.98 Å². The predicted octanol–water partition coefficient (Wildman–Crippen LogP) is 4.09. The van der Waals surface area contributed by atoms with Crippen LogP contribution in [0.25, 0.3) is 10.9 Å². The molecule has 0 radical (unpaired) electrons. The minimum atomic E-state index is -0.473. The van der Waals surface area contributed by atoms with E-state index in [0.717, 1.165) is 5.56 Å². The van der Waals surface area contributed by atoms with Crippen LogP contribution in [0.3, 0.4) is 0 Å². The van der Waals surface area contributed by atoms with Crippen LogP contribution < -0.4 is 15.5 Å². The normalized spacial score (nSPS) is 11.4. The van der Waals surface area contributed by atoms with E-state index in [4.69, 9.17) is 4.74 Å². The molecule has 0 bridgehead atoms. The van der Waals surface area contributed by atoms with Crippen LogP contribution in [0.1, 0.15) is 36.7 Å². The minimum absolute atomic E-state index is 0.0643. The minimum Gasteiger partial charge on any atom is -0.495 e. The fourth-order valence-electron chi connectivity index (χ4n) is 2.79. The summed E-state index contributed by atoms with van der Waals surface area (Å²) in [5.74, 6) is 0.0619. The number of fused-ring (bicyclic) bond motifs is 1. The molecule has 134 valence electrons. The monoisotopic (exact) mass is 350 g/mol. The predicted molar refractivity (Wildman–Crippen MR) is 104 cm³/mol. The Kier molecular flexibility index (Phi) is 4.55. The Morgan fingerprint density at radius 1 is 1.12 bits per heavy atom. The number of H-pyrrole nitrogens is 1. The van der Waals surface area contributed by atoms with E-state index in [9.17, 15) is 9.59 Å². The van der Waals surface area contributed by atoms with Gasteiger partial charge in [-0.25, -0.2) is 0 Å². The molecule has 0 aliphatic heterocycles. The van der Waals surface area contributed by atoms with Gasteiger partial charge in [-0.3, -0.25) is 9.59 Å². The van der Waals surface area contributed by atoms with Crippen molar-refractivity contribution in [3.63, 3.8) is 0 Å². The second-order valence-corrected chi connectivity index (χ2v) is 7.20. The van der Waals surface area contributed by atoms with Gasteiger partial charge in [-0.2, -0.15) is 0 Å². The number of aromatic nitrogens is 1. The zero-order valence-electron chi connectivity index (χ0n) is 15.3. The molecule has 2 N–H and O–H groups in total. The Balaban J connectivity index is 2.03. The molecule has 3 rings (SSSR count). The average Bonchev–Trinajstić information content (AvgIpc) is 2.61. The fourth-order valence-corrected chi connectivity index (χ4v) is 2.79. The van der Waals surface area contributed by atoms with Crippen LogP contribution in [-0.2, 0) is 5.41 Å². The third-order valence-electron chi connectivity index (χ3n) is 4.35. The van der Waals surface area contributed by atoms with E-state index in [1.54, 1.807) is 18.2 Å². The number of nitrogens with one attached hydrogen (secondary N) is 2. The third-order valence-corrected chi connectivity index (χ3v) is 4.35. The molecule has 0 saturated heterocycles. The number of pyridine rings is 1. The van der Waals surface area contributed by atoms with Gasteiger partial charge < -0.3 is 15.0 Å². The molecule has 0 spiro atoms. The standard InChI is InChI=1S/C21H22N2O3/c1-21(2,3)13-9-10-16-14(11-13)19(24)15(12-22-16)20(25)23-17-7-5-6-8-18(17)26-4/h5-12H,1-4H3,(H,22,24)(H,23,25). The van der Waals surface area contributed by atoms with Crippen LogP contribution in [0.4, 0.5) is 5.69 Å². The second-order valence-electron chi connectivity index (χ2n) is 7.20. The van der Waals surface area contributed by atoms with Gasteiger partial charge in [-0.15, -0.1) is 0 Å².